The third-order valence-electron chi connectivity index (χ3n) is 3.09. The van der Waals surface area contributed by atoms with Crippen LogP contribution in [0.2, 0.25) is 0 Å². The summed E-state index contributed by atoms with van der Waals surface area (Å²) in [6.07, 6.45) is 0. The number of nitrogens with one attached hydrogen (secondary N) is 1. The summed E-state index contributed by atoms with van der Waals surface area (Å²) < 4.78 is 1.26. The molecule has 2 aromatic heterocycles. The van der Waals surface area contributed by atoms with Crippen molar-refractivity contribution >= 4 is 11.3 Å². The quantitative estimate of drug-likeness (QED) is 0.901. The van der Waals surface area contributed by atoms with Gasteiger partial charge >= 0.3 is 5.69 Å². The van der Waals surface area contributed by atoms with Crippen molar-refractivity contribution in [2.75, 3.05) is 0 Å². The smallest absolute Gasteiger partial charge is 0.331 e. The highest BCUT2D eigenvalue weighted by Crippen LogP contribution is 2.31. The lowest BCUT2D eigenvalue weighted by molar-refractivity contribution is 0.340. The third-order valence-corrected chi connectivity index (χ3v) is 4.03. The van der Waals surface area contributed by atoms with Crippen LogP contribution in [0.3, 0.4) is 0 Å². The number of aromatic hydroxyl groups is 1. The van der Waals surface area contributed by atoms with Crippen LogP contribution in [-0.4, -0.2) is 14.7 Å². The van der Waals surface area contributed by atoms with Crippen LogP contribution < -0.4 is 11.2 Å². The number of aromatic amines is 1. The maximum atomic E-state index is 12.0. The first-order chi connectivity index (χ1) is 8.93. The molecule has 6 heteroatoms. The van der Waals surface area contributed by atoms with Gasteiger partial charge in [0.25, 0.3) is 5.56 Å². The predicted octanol–water partition coefficient (Wildman–Crippen LogP) is 1.86. The Morgan fingerprint density at radius 3 is 2.58 bits per heavy atom. The molecular weight excluding hydrogens is 264 g/mol. The van der Waals surface area contributed by atoms with E-state index in [1.165, 1.54) is 22.8 Å². The number of thiophene rings is 1. The molecule has 2 rings (SSSR count). The molecule has 0 aliphatic rings. The summed E-state index contributed by atoms with van der Waals surface area (Å²) in [6, 6.07) is 3.53. The molecule has 1 atom stereocenters. The second-order valence-corrected chi connectivity index (χ2v) is 5.76. The maximum absolute atomic E-state index is 12.0. The van der Waals surface area contributed by atoms with Gasteiger partial charge in [-0.3, -0.25) is 14.3 Å². The Kier molecular flexibility index (Phi) is 3.61. The van der Waals surface area contributed by atoms with Gasteiger partial charge in [-0.1, -0.05) is 19.9 Å². The molecule has 0 amide bonds. The fourth-order valence-electron chi connectivity index (χ4n) is 2.10. The third kappa shape index (κ3) is 2.35. The Bertz CT molecular complexity index is 683. The van der Waals surface area contributed by atoms with Crippen LogP contribution in [0.4, 0.5) is 0 Å². The lowest BCUT2D eigenvalue weighted by Crippen LogP contribution is -2.35. The van der Waals surface area contributed by atoms with Crippen LogP contribution in [0.15, 0.2) is 27.1 Å². The van der Waals surface area contributed by atoms with Gasteiger partial charge in [-0.15, -0.1) is 11.3 Å². The normalized spacial score (nSPS) is 12.8. The van der Waals surface area contributed by atoms with Gasteiger partial charge in [0.1, 0.15) is 0 Å². The molecule has 0 radical (unpaired) electrons. The van der Waals surface area contributed by atoms with E-state index in [0.29, 0.717) is 0 Å². The van der Waals surface area contributed by atoms with Crippen LogP contribution in [0, 0.1) is 12.8 Å². The van der Waals surface area contributed by atoms with Crippen molar-refractivity contribution in [1.82, 2.24) is 9.55 Å². The second kappa shape index (κ2) is 5.05. The van der Waals surface area contributed by atoms with Crippen molar-refractivity contribution in [2.45, 2.75) is 26.8 Å². The number of hydrogen-bond acceptors (Lipinski definition) is 4. The number of rotatable bonds is 3. The lowest BCUT2D eigenvalue weighted by Gasteiger charge is -2.23. The van der Waals surface area contributed by atoms with E-state index in [4.69, 9.17) is 0 Å². The molecule has 1 unspecified atom stereocenters. The fourth-order valence-corrected chi connectivity index (χ4v) is 3.09. The Hall–Kier alpha value is -1.82. The van der Waals surface area contributed by atoms with Crippen LogP contribution in [0.25, 0.3) is 0 Å². The standard InChI is InChI=1S/C13H16N2O3S/c1-7(2)10(9-5-4-6-19-9)15-12(17)8(3)11(16)14-13(15)18/h4-7,10,17H,1-3H3,(H,14,16,18). The van der Waals surface area contributed by atoms with Crippen LogP contribution in [0.5, 0.6) is 5.88 Å². The summed E-state index contributed by atoms with van der Waals surface area (Å²) in [5.41, 5.74) is -0.977. The van der Waals surface area contributed by atoms with E-state index in [-0.39, 0.29) is 23.4 Å². The van der Waals surface area contributed by atoms with E-state index >= 15 is 0 Å². The SMILES string of the molecule is Cc1c(O)n(C(c2cccs2)C(C)C)c(=O)[nH]c1=O. The minimum atomic E-state index is -0.583. The first-order valence-corrected chi connectivity index (χ1v) is 6.89. The van der Waals surface area contributed by atoms with Crippen LogP contribution in [0.1, 0.15) is 30.3 Å². The largest absolute Gasteiger partial charge is 0.494 e. The van der Waals surface area contributed by atoms with Gasteiger partial charge in [0.2, 0.25) is 5.88 Å². The zero-order valence-electron chi connectivity index (χ0n) is 11.0. The Labute approximate surface area is 114 Å². The minimum Gasteiger partial charge on any atom is -0.494 e. The summed E-state index contributed by atoms with van der Waals surface area (Å²) in [7, 11) is 0. The Morgan fingerprint density at radius 1 is 1.37 bits per heavy atom. The van der Waals surface area contributed by atoms with Gasteiger partial charge in [0.15, 0.2) is 0 Å². The molecule has 2 aromatic rings. The zero-order valence-corrected chi connectivity index (χ0v) is 11.8. The van der Waals surface area contributed by atoms with Gasteiger partial charge in [-0.25, -0.2) is 4.79 Å². The second-order valence-electron chi connectivity index (χ2n) is 4.78. The fraction of sp³-hybridized carbons (Fsp3) is 0.385. The highest BCUT2D eigenvalue weighted by molar-refractivity contribution is 7.10. The van der Waals surface area contributed by atoms with Crippen molar-refractivity contribution in [3.8, 4) is 5.88 Å². The average molecular weight is 280 g/mol. The monoisotopic (exact) mass is 280 g/mol. The number of nitrogens with zero attached hydrogens (tertiary/aromatic N) is 1. The first-order valence-electron chi connectivity index (χ1n) is 6.01. The van der Waals surface area contributed by atoms with Crippen molar-refractivity contribution < 1.29 is 5.11 Å². The van der Waals surface area contributed by atoms with Gasteiger partial charge in [-0.2, -0.15) is 0 Å². The highest BCUT2D eigenvalue weighted by Gasteiger charge is 2.24. The summed E-state index contributed by atoms with van der Waals surface area (Å²) in [6.45, 7) is 5.43. The molecule has 0 aliphatic heterocycles. The molecule has 5 nitrogen and oxygen atoms in total. The van der Waals surface area contributed by atoms with Crippen molar-refractivity contribution in [1.29, 1.82) is 0 Å². The van der Waals surface area contributed by atoms with E-state index in [1.807, 2.05) is 31.4 Å². The molecule has 0 aromatic carbocycles. The van der Waals surface area contributed by atoms with Crippen LogP contribution >= 0.6 is 11.3 Å². The molecule has 0 saturated heterocycles. The van der Waals surface area contributed by atoms with Gasteiger partial charge in [0, 0.05) is 4.88 Å². The van der Waals surface area contributed by atoms with E-state index in [1.54, 1.807) is 0 Å². The molecule has 2 heterocycles. The summed E-state index contributed by atoms with van der Waals surface area (Å²) in [5, 5.41) is 12.0. The molecule has 2 N–H and O–H groups in total. The molecule has 0 aliphatic carbocycles. The van der Waals surface area contributed by atoms with E-state index in [2.05, 4.69) is 4.98 Å². The first kappa shape index (κ1) is 13.6. The predicted molar refractivity (Wildman–Crippen MR) is 75.0 cm³/mol. The van der Waals surface area contributed by atoms with Crippen LogP contribution in [-0.2, 0) is 0 Å². The minimum absolute atomic E-state index is 0.104. The molecule has 0 fully saturated rings. The number of H-pyrrole nitrogens is 1. The van der Waals surface area contributed by atoms with Gasteiger partial charge in [0.05, 0.1) is 11.6 Å². The molecular formula is C13H16N2O3S. The summed E-state index contributed by atoms with van der Waals surface area (Å²) in [5.74, 6) is -0.159. The summed E-state index contributed by atoms with van der Waals surface area (Å²) >= 11 is 1.52. The molecule has 19 heavy (non-hydrogen) atoms. The Morgan fingerprint density at radius 2 is 2.05 bits per heavy atom. The topological polar surface area (TPSA) is 75.1 Å². The Balaban J connectivity index is 2.72. The molecule has 102 valence electrons. The molecule has 0 bridgehead atoms. The lowest BCUT2D eigenvalue weighted by atomic mass is 10.0. The zero-order chi connectivity index (χ0) is 14.2. The van der Waals surface area contributed by atoms with Gasteiger partial charge in [-0.05, 0) is 24.3 Å². The summed E-state index contributed by atoms with van der Waals surface area (Å²) in [4.78, 5) is 26.7. The number of aromatic nitrogens is 2. The van der Waals surface area contributed by atoms with E-state index in [0.717, 1.165) is 4.88 Å². The van der Waals surface area contributed by atoms with Crippen molar-refractivity contribution in [3.05, 3.63) is 48.8 Å². The molecule has 0 saturated carbocycles. The van der Waals surface area contributed by atoms with E-state index < -0.39 is 11.2 Å². The average Bonchev–Trinajstić information content (AvgIpc) is 2.84. The van der Waals surface area contributed by atoms with Crippen molar-refractivity contribution in [2.24, 2.45) is 5.92 Å². The maximum Gasteiger partial charge on any atom is 0.331 e. The van der Waals surface area contributed by atoms with Crippen molar-refractivity contribution in [3.63, 3.8) is 0 Å². The van der Waals surface area contributed by atoms with Gasteiger partial charge < -0.3 is 5.11 Å². The highest BCUT2D eigenvalue weighted by atomic mass is 32.1. The molecule has 0 spiro atoms. The number of hydrogen-bond donors (Lipinski definition) is 2. The van der Waals surface area contributed by atoms with E-state index in [9.17, 15) is 14.7 Å².